The fourth-order valence-corrected chi connectivity index (χ4v) is 2.61. The van der Waals surface area contributed by atoms with E-state index in [9.17, 15) is 9.59 Å². The van der Waals surface area contributed by atoms with Crippen LogP contribution in [0.5, 0.6) is 5.75 Å². The van der Waals surface area contributed by atoms with Gasteiger partial charge in [-0.05, 0) is 55.5 Å². The first-order chi connectivity index (χ1) is 11.6. The van der Waals surface area contributed by atoms with Crippen molar-refractivity contribution in [3.8, 4) is 5.75 Å². The molecule has 2 rings (SSSR count). The molecule has 0 aliphatic rings. The lowest BCUT2D eigenvalue weighted by molar-refractivity contribution is -0.119. The largest absolute Gasteiger partial charge is 0.494 e. The maximum absolute atomic E-state index is 11.8. The van der Waals surface area contributed by atoms with Gasteiger partial charge in [0.05, 0.1) is 12.4 Å². The number of amides is 2. The van der Waals surface area contributed by atoms with Gasteiger partial charge < -0.3 is 4.74 Å². The molecule has 7 heteroatoms. The Balaban J connectivity index is 1.74. The Labute approximate surface area is 149 Å². The Morgan fingerprint density at radius 1 is 1.04 bits per heavy atom. The van der Waals surface area contributed by atoms with Crippen LogP contribution in [-0.2, 0) is 4.79 Å². The minimum atomic E-state index is -0.397. The molecule has 0 saturated heterocycles. The van der Waals surface area contributed by atoms with Crippen LogP contribution in [0.1, 0.15) is 17.3 Å². The molecule has 126 valence electrons. The summed E-state index contributed by atoms with van der Waals surface area (Å²) in [5.41, 5.74) is 5.16. The molecule has 0 aliphatic heterocycles. The van der Waals surface area contributed by atoms with Crippen molar-refractivity contribution in [1.82, 2.24) is 10.9 Å². The Morgan fingerprint density at radius 3 is 2.33 bits per heavy atom. The summed E-state index contributed by atoms with van der Waals surface area (Å²) in [7, 11) is 0. The molecule has 0 atom stereocenters. The van der Waals surface area contributed by atoms with Crippen LogP contribution in [0, 0.1) is 0 Å². The minimum absolute atomic E-state index is 0.189. The third kappa shape index (κ3) is 5.79. The van der Waals surface area contributed by atoms with Crippen molar-refractivity contribution < 1.29 is 14.3 Å². The fraction of sp³-hybridized carbons (Fsp3) is 0.176. The van der Waals surface area contributed by atoms with Crippen molar-refractivity contribution in [2.75, 3.05) is 12.4 Å². The van der Waals surface area contributed by atoms with E-state index in [0.29, 0.717) is 17.2 Å². The molecule has 0 aromatic heterocycles. The molecule has 2 aromatic carbocycles. The highest BCUT2D eigenvalue weighted by Gasteiger charge is 2.08. The van der Waals surface area contributed by atoms with Gasteiger partial charge in [0, 0.05) is 15.5 Å². The molecule has 0 aliphatic carbocycles. The highest BCUT2D eigenvalue weighted by Crippen LogP contribution is 2.21. The lowest BCUT2D eigenvalue weighted by atomic mass is 10.2. The Kier molecular flexibility index (Phi) is 6.96. The number of carbonyl (C=O) groups is 2. The third-order valence-electron chi connectivity index (χ3n) is 2.93. The van der Waals surface area contributed by atoms with Crippen LogP contribution < -0.4 is 15.6 Å². The van der Waals surface area contributed by atoms with Gasteiger partial charge in [-0.15, -0.1) is 11.8 Å². The van der Waals surface area contributed by atoms with Crippen molar-refractivity contribution in [2.45, 2.75) is 11.8 Å². The summed E-state index contributed by atoms with van der Waals surface area (Å²) in [6, 6.07) is 13.9. The first-order valence-electron chi connectivity index (χ1n) is 7.29. The highest BCUT2D eigenvalue weighted by molar-refractivity contribution is 8.00. The summed E-state index contributed by atoms with van der Waals surface area (Å²) in [5, 5.41) is 0.544. The molecule has 0 bridgehead atoms. The van der Waals surface area contributed by atoms with E-state index in [4.69, 9.17) is 16.3 Å². The van der Waals surface area contributed by atoms with Crippen LogP contribution in [0.2, 0.25) is 5.02 Å². The van der Waals surface area contributed by atoms with E-state index in [2.05, 4.69) is 10.9 Å². The molecule has 0 fully saturated rings. The van der Waals surface area contributed by atoms with Crippen LogP contribution in [-0.4, -0.2) is 24.2 Å². The number of nitrogens with one attached hydrogen (secondary N) is 2. The van der Waals surface area contributed by atoms with Crippen molar-refractivity contribution in [3.63, 3.8) is 0 Å². The molecule has 2 N–H and O–H groups in total. The topological polar surface area (TPSA) is 67.4 Å². The Morgan fingerprint density at radius 2 is 1.71 bits per heavy atom. The van der Waals surface area contributed by atoms with Gasteiger partial charge in [0.1, 0.15) is 5.75 Å². The standard InChI is InChI=1S/C17H17ClN2O3S/c1-2-23-14-7-9-15(10-8-14)24-11-16(21)19-20-17(22)12-3-5-13(18)6-4-12/h3-10H,2,11H2,1H3,(H,19,21)(H,20,22). The number of thioether (sulfide) groups is 1. The van der Waals surface area contributed by atoms with Crippen LogP contribution in [0.25, 0.3) is 0 Å². The van der Waals surface area contributed by atoms with E-state index in [1.807, 2.05) is 31.2 Å². The molecule has 2 amide bonds. The number of benzene rings is 2. The van der Waals surface area contributed by atoms with Crippen LogP contribution in [0.15, 0.2) is 53.4 Å². The zero-order valence-electron chi connectivity index (χ0n) is 13.0. The fourth-order valence-electron chi connectivity index (χ4n) is 1.78. The Hall–Kier alpha value is -2.18. The van der Waals surface area contributed by atoms with Crippen molar-refractivity contribution in [3.05, 3.63) is 59.1 Å². The van der Waals surface area contributed by atoms with Gasteiger partial charge in [-0.1, -0.05) is 11.6 Å². The molecule has 0 spiro atoms. The van der Waals surface area contributed by atoms with Gasteiger partial charge in [0.25, 0.3) is 5.91 Å². The smallest absolute Gasteiger partial charge is 0.269 e. The normalized spacial score (nSPS) is 10.1. The van der Waals surface area contributed by atoms with Gasteiger partial charge in [0.2, 0.25) is 5.91 Å². The summed E-state index contributed by atoms with van der Waals surface area (Å²) in [6.07, 6.45) is 0. The van der Waals surface area contributed by atoms with Gasteiger partial charge in [0.15, 0.2) is 0 Å². The van der Waals surface area contributed by atoms with Crippen LogP contribution >= 0.6 is 23.4 Å². The van der Waals surface area contributed by atoms with E-state index in [1.54, 1.807) is 24.3 Å². The van der Waals surface area contributed by atoms with Crippen LogP contribution in [0.3, 0.4) is 0 Å². The van der Waals surface area contributed by atoms with E-state index >= 15 is 0 Å². The first kappa shape index (κ1) is 18.2. The quantitative estimate of drug-likeness (QED) is 0.609. The van der Waals surface area contributed by atoms with E-state index in [0.717, 1.165) is 10.6 Å². The summed E-state index contributed by atoms with van der Waals surface area (Å²) in [4.78, 5) is 24.6. The number of hydrogen-bond acceptors (Lipinski definition) is 4. The molecular weight excluding hydrogens is 348 g/mol. The van der Waals surface area contributed by atoms with Crippen LogP contribution in [0.4, 0.5) is 0 Å². The number of rotatable bonds is 6. The molecule has 0 unspecified atom stereocenters. The summed E-state index contributed by atoms with van der Waals surface area (Å²) in [6.45, 7) is 2.54. The lowest BCUT2D eigenvalue weighted by Crippen LogP contribution is -2.42. The average molecular weight is 365 g/mol. The third-order valence-corrected chi connectivity index (χ3v) is 4.19. The molecule has 0 saturated carbocycles. The minimum Gasteiger partial charge on any atom is -0.494 e. The van der Waals surface area contributed by atoms with Gasteiger partial charge in [-0.2, -0.15) is 0 Å². The second-order valence-electron chi connectivity index (χ2n) is 4.70. The first-order valence-corrected chi connectivity index (χ1v) is 8.65. The molecular formula is C17H17ClN2O3S. The van der Waals surface area contributed by atoms with Gasteiger partial charge >= 0.3 is 0 Å². The summed E-state index contributed by atoms with van der Waals surface area (Å²) >= 11 is 7.13. The molecule has 5 nitrogen and oxygen atoms in total. The summed E-state index contributed by atoms with van der Waals surface area (Å²) in [5.74, 6) is 0.290. The molecule has 2 aromatic rings. The number of halogens is 1. The van der Waals surface area contributed by atoms with Gasteiger partial charge in [-0.25, -0.2) is 0 Å². The zero-order valence-corrected chi connectivity index (χ0v) is 14.6. The Bertz CT molecular complexity index is 690. The van der Waals surface area contributed by atoms with E-state index < -0.39 is 5.91 Å². The van der Waals surface area contributed by atoms with Gasteiger partial charge in [-0.3, -0.25) is 20.4 Å². The molecule has 24 heavy (non-hydrogen) atoms. The maximum atomic E-state index is 11.8. The maximum Gasteiger partial charge on any atom is 0.269 e. The molecule has 0 heterocycles. The number of hydrazine groups is 1. The zero-order chi connectivity index (χ0) is 17.4. The average Bonchev–Trinajstić information content (AvgIpc) is 2.60. The monoisotopic (exact) mass is 364 g/mol. The predicted molar refractivity (Wildman–Crippen MR) is 95.4 cm³/mol. The highest BCUT2D eigenvalue weighted by atomic mass is 35.5. The summed E-state index contributed by atoms with van der Waals surface area (Å²) < 4.78 is 5.36. The lowest BCUT2D eigenvalue weighted by Gasteiger charge is -2.08. The number of ether oxygens (including phenoxy) is 1. The SMILES string of the molecule is CCOc1ccc(SCC(=O)NNC(=O)c2ccc(Cl)cc2)cc1. The second-order valence-corrected chi connectivity index (χ2v) is 6.19. The van der Waals surface area contributed by atoms with Crippen molar-refractivity contribution in [2.24, 2.45) is 0 Å². The number of hydrogen-bond donors (Lipinski definition) is 2. The van der Waals surface area contributed by atoms with E-state index in [-0.39, 0.29) is 11.7 Å². The second kappa shape index (κ2) is 9.20. The van der Waals surface area contributed by atoms with E-state index in [1.165, 1.54) is 11.8 Å². The number of carbonyl (C=O) groups excluding carboxylic acids is 2. The predicted octanol–water partition coefficient (Wildman–Crippen LogP) is 3.29. The van der Waals surface area contributed by atoms with Crippen molar-refractivity contribution >= 4 is 35.2 Å². The van der Waals surface area contributed by atoms with Crippen molar-refractivity contribution in [1.29, 1.82) is 0 Å². The molecule has 0 radical (unpaired) electrons.